The normalized spacial score (nSPS) is 16.4. The van der Waals surface area contributed by atoms with E-state index >= 15 is 0 Å². The van der Waals surface area contributed by atoms with Crippen molar-refractivity contribution in [1.82, 2.24) is 15.6 Å². The Hall–Kier alpha value is -2.60. The Morgan fingerprint density at radius 2 is 2.04 bits per heavy atom. The van der Waals surface area contributed by atoms with Gasteiger partial charge in [-0.25, -0.2) is 4.79 Å². The van der Waals surface area contributed by atoms with E-state index in [-0.39, 0.29) is 6.03 Å². The van der Waals surface area contributed by atoms with E-state index in [0.717, 1.165) is 30.8 Å². The number of pyridine rings is 1. The summed E-state index contributed by atoms with van der Waals surface area (Å²) in [6.07, 6.45) is 4.41. The Balaban J connectivity index is 1.46. The first-order valence-electron chi connectivity index (χ1n) is 8.50. The Morgan fingerprint density at radius 1 is 1.20 bits per heavy atom. The van der Waals surface area contributed by atoms with Gasteiger partial charge in [0, 0.05) is 37.4 Å². The molecule has 1 aliphatic heterocycles. The molecule has 1 fully saturated rings. The molecule has 0 spiro atoms. The third-order valence-electron chi connectivity index (χ3n) is 4.10. The number of carbonyl (C=O) groups excluding carboxylic acids is 1. The number of ether oxygens (including phenoxy) is 2. The van der Waals surface area contributed by atoms with E-state index in [1.54, 1.807) is 12.4 Å². The SMILES string of the molecule is O=C(NCc1ccccc1)NCc1ccncc1OCC1CCOC1. The maximum Gasteiger partial charge on any atom is 0.315 e. The molecule has 0 aliphatic carbocycles. The van der Waals surface area contributed by atoms with Gasteiger partial charge >= 0.3 is 6.03 Å². The van der Waals surface area contributed by atoms with E-state index in [9.17, 15) is 4.79 Å². The van der Waals surface area contributed by atoms with Crippen molar-refractivity contribution in [2.24, 2.45) is 5.92 Å². The van der Waals surface area contributed by atoms with Crippen molar-refractivity contribution in [3.8, 4) is 5.75 Å². The summed E-state index contributed by atoms with van der Waals surface area (Å²) in [7, 11) is 0. The Morgan fingerprint density at radius 3 is 2.84 bits per heavy atom. The lowest BCUT2D eigenvalue weighted by atomic mass is 10.1. The van der Waals surface area contributed by atoms with Gasteiger partial charge in [-0.1, -0.05) is 30.3 Å². The van der Waals surface area contributed by atoms with Crippen LogP contribution in [0.1, 0.15) is 17.5 Å². The Kier molecular flexibility index (Phi) is 6.23. The summed E-state index contributed by atoms with van der Waals surface area (Å²) in [5.41, 5.74) is 1.97. The fourth-order valence-electron chi connectivity index (χ4n) is 2.62. The molecule has 1 aromatic heterocycles. The van der Waals surface area contributed by atoms with Crippen molar-refractivity contribution in [2.45, 2.75) is 19.5 Å². The van der Waals surface area contributed by atoms with Crippen LogP contribution in [0.2, 0.25) is 0 Å². The molecule has 0 bridgehead atoms. The highest BCUT2D eigenvalue weighted by Crippen LogP contribution is 2.19. The standard InChI is InChI=1S/C19H23N3O3/c23-19(21-10-15-4-2-1-3-5-15)22-11-17-6-8-20-12-18(17)25-14-16-7-9-24-13-16/h1-6,8,12,16H,7,9-11,13-14H2,(H2,21,22,23). The number of nitrogens with one attached hydrogen (secondary N) is 2. The van der Waals surface area contributed by atoms with Crippen molar-refractivity contribution >= 4 is 6.03 Å². The quantitative estimate of drug-likeness (QED) is 0.812. The van der Waals surface area contributed by atoms with Gasteiger partial charge in [0.25, 0.3) is 0 Å². The van der Waals surface area contributed by atoms with Crippen molar-refractivity contribution < 1.29 is 14.3 Å². The number of nitrogens with zero attached hydrogens (tertiary/aromatic N) is 1. The molecule has 6 heteroatoms. The fraction of sp³-hybridized carbons (Fsp3) is 0.368. The molecule has 2 aromatic rings. The van der Waals surface area contributed by atoms with E-state index in [2.05, 4.69) is 15.6 Å². The average Bonchev–Trinajstić information content (AvgIpc) is 3.18. The molecule has 25 heavy (non-hydrogen) atoms. The highest BCUT2D eigenvalue weighted by molar-refractivity contribution is 5.73. The highest BCUT2D eigenvalue weighted by atomic mass is 16.5. The minimum absolute atomic E-state index is 0.212. The topological polar surface area (TPSA) is 72.5 Å². The molecule has 1 saturated heterocycles. The first-order chi connectivity index (χ1) is 12.3. The van der Waals surface area contributed by atoms with E-state index in [1.807, 2.05) is 36.4 Å². The number of benzene rings is 1. The molecule has 1 atom stereocenters. The second-order valence-corrected chi connectivity index (χ2v) is 6.05. The monoisotopic (exact) mass is 341 g/mol. The van der Waals surface area contributed by atoms with Gasteiger partial charge < -0.3 is 20.1 Å². The van der Waals surface area contributed by atoms with Gasteiger partial charge in [0.05, 0.1) is 19.4 Å². The third-order valence-corrected chi connectivity index (χ3v) is 4.10. The lowest BCUT2D eigenvalue weighted by Crippen LogP contribution is -2.34. The largest absolute Gasteiger partial charge is 0.491 e. The highest BCUT2D eigenvalue weighted by Gasteiger charge is 2.17. The number of hydrogen-bond donors (Lipinski definition) is 2. The van der Waals surface area contributed by atoms with Crippen molar-refractivity contribution in [3.63, 3.8) is 0 Å². The summed E-state index contributed by atoms with van der Waals surface area (Å²) in [4.78, 5) is 16.1. The number of carbonyl (C=O) groups is 1. The molecule has 6 nitrogen and oxygen atoms in total. The minimum atomic E-state index is -0.212. The third kappa shape index (κ3) is 5.46. The number of aromatic nitrogens is 1. The van der Waals surface area contributed by atoms with Crippen LogP contribution < -0.4 is 15.4 Å². The molecule has 1 aliphatic rings. The summed E-state index contributed by atoms with van der Waals surface area (Å²) in [6.45, 7) is 3.04. The van der Waals surface area contributed by atoms with Gasteiger partial charge in [0.2, 0.25) is 0 Å². The van der Waals surface area contributed by atoms with Crippen LogP contribution in [0.25, 0.3) is 0 Å². The molecular weight excluding hydrogens is 318 g/mol. The average molecular weight is 341 g/mol. The zero-order valence-electron chi connectivity index (χ0n) is 14.1. The first kappa shape index (κ1) is 17.2. The molecular formula is C19H23N3O3. The first-order valence-corrected chi connectivity index (χ1v) is 8.50. The molecule has 1 aromatic carbocycles. The lowest BCUT2D eigenvalue weighted by molar-refractivity contribution is 0.166. The van der Waals surface area contributed by atoms with Crippen LogP contribution in [0.3, 0.4) is 0 Å². The summed E-state index contributed by atoms with van der Waals surface area (Å²) in [5, 5.41) is 5.70. The number of amides is 2. The molecule has 2 amide bonds. The lowest BCUT2D eigenvalue weighted by Gasteiger charge is -2.14. The molecule has 132 valence electrons. The summed E-state index contributed by atoms with van der Waals surface area (Å²) >= 11 is 0. The van der Waals surface area contributed by atoms with Crippen LogP contribution in [0.5, 0.6) is 5.75 Å². The molecule has 2 N–H and O–H groups in total. The van der Waals surface area contributed by atoms with Gasteiger partial charge in [0.1, 0.15) is 5.75 Å². The van der Waals surface area contributed by atoms with Crippen LogP contribution in [0.4, 0.5) is 4.79 Å². The van der Waals surface area contributed by atoms with Gasteiger partial charge in [-0.3, -0.25) is 4.98 Å². The van der Waals surface area contributed by atoms with E-state index in [1.165, 1.54) is 0 Å². The van der Waals surface area contributed by atoms with Gasteiger partial charge in [-0.2, -0.15) is 0 Å². The summed E-state index contributed by atoms with van der Waals surface area (Å²) in [5.74, 6) is 1.13. The predicted molar refractivity (Wildman–Crippen MR) is 94.2 cm³/mol. The summed E-state index contributed by atoms with van der Waals surface area (Å²) < 4.78 is 11.2. The second kappa shape index (κ2) is 9.03. The van der Waals surface area contributed by atoms with Crippen LogP contribution >= 0.6 is 0 Å². The Labute approximate surface area is 147 Å². The van der Waals surface area contributed by atoms with E-state index in [0.29, 0.717) is 31.4 Å². The van der Waals surface area contributed by atoms with Gasteiger partial charge in [0.15, 0.2) is 0 Å². The molecule has 0 radical (unpaired) electrons. The van der Waals surface area contributed by atoms with E-state index < -0.39 is 0 Å². The fourth-order valence-corrected chi connectivity index (χ4v) is 2.62. The van der Waals surface area contributed by atoms with Crippen molar-refractivity contribution in [3.05, 3.63) is 59.9 Å². The van der Waals surface area contributed by atoms with Crippen LogP contribution in [-0.4, -0.2) is 30.8 Å². The van der Waals surface area contributed by atoms with Gasteiger partial charge in [-0.05, 0) is 18.1 Å². The zero-order valence-corrected chi connectivity index (χ0v) is 14.1. The number of rotatable bonds is 7. The summed E-state index contributed by atoms with van der Waals surface area (Å²) in [6, 6.07) is 11.4. The predicted octanol–water partition coefficient (Wildman–Crippen LogP) is 2.50. The smallest absolute Gasteiger partial charge is 0.315 e. The van der Waals surface area contributed by atoms with Crippen molar-refractivity contribution in [2.75, 3.05) is 19.8 Å². The molecule has 1 unspecified atom stereocenters. The number of urea groups is 1. The molecule has 2 heterocycles. The maximum atomic E-state index is 12.0. The Bertz CT molecular complexity index is 673. The van der Waals surface area contributed by atoms with Gasteiger partial charge in [-0.15, -0.1) is 0 Å². The van der Waals surface area contributed by atoms with Crippen LogP contribution in [-0.2, 0) is 17.8 Å². The zero-order chi connectivity index (χ0) is 17.3. The molecule has 3 rings (SSSR count). The van der Waals surface area contributed by atoms with Crippen LogP contribution in [0.15, 0.2) is 48.8 Å². The van der Waals surface area contributed by atoms with Crippen LogP contribution in [0, 0.1) is 5.92 Å². The van der Waals surface area contributed by atoms with E-state index in [4.69, 9.17) is 9.47 Å². The minimum Gasteiger partial charge on any atom is -0.491 e. The second-order valence-electron chi connectivity index (χ2n) is 6.05. The number of hydrogen-bond acceptors (Lipinski definition) is 4. The maximum absolute atomic E-state index is 12.0. The van der Waals surface area contributed by atoms with Crippen molar-refractivity contribution in [1.29, 1.82) is 0 Å². The molecule has 0 saturated carbocycles.